The van der Waals surface area contributed by atoms with Crippen LogP contribution in [0, 0.1) is 5.41 Å². The Balaban J connectivity index is 1.97. The first kappa shape index (κ1) is 8.98. The molecule has 78 valence electrons. The van der Waals surface area contributed by atoms with Crippen molar-refractivity contribution < 1.29 is 0 Å². The smallest absolute Gasteiger partial charge is 0.0456 e. The average molecular weight is 200 g/mol. The fraction of sp³-hybridized carbons (Fsp3) is 0.385. The molecule has 0 radical (unpaired) electrons. The molecule has 3 rings (SSSR count). The fourth-order valence-electron chi connectivity index (χ4n) is 2.41. The molecule has 2 heterocycles. The number of aromatic amines is 1. The number of H-pyrrole nitrogens is 1. The summed E-state index contributed by atoms with van der Waals surface area (Å²) in [5.74, 6) is 0. The molecule has 2 aromatic rings. The summed E-state index contributed by atoms with van der Waals surface area (Å²) in [6, 6.07) is 8.53. The molecule has 0 bridgehead atoms. The van der Waals surface area contributed by atoms with Gasteiger partial charge in [-0.2, -0.15) is 0 Å². The van der Waals surface area contributed by atoms with Crippen molar-refractivity contribution in [3.63, 3.8) is 0 Å². The lowest BCUT2D eigenvalue weighted by molar-refractivity contribution is 0.196. The number of nitrogens with one attached hydrogen (secondary N) is 2. The van der Waals surface area contributed by atoms with E-state index >= 15 is 0 Å². The van der Waals surface area contributed by atoms with E-state index in [1.165, 1.54) is 22.9 Å². The first-order valence-electron chi connectivity index (χ1n) is 5.53. The first-order chi connectivity index (χ1) is 7.27. The van der Waals surface area contributed by atoms with E-state index in [1.54, 1.807) is 0 Å². The molecule has 1 aliphatic rings. The van der Waals surface area contributed by atoms with Crippen LogP contribution < -0.4 is 5.32 Å². The molecule has 2 heteroatoms. The van der Waals surface area contributed by atoms with E-state index in [1.807, 2.05) is 0 Å². The van der Waals surface area contributed by atoms with Crippen LogP contribution in [0.3, 0.4) is 0 Å². The minimum atomic E-state index is 0.463. The van der Waals surface area contributed by atoms with Crippen LogP contribution in [-0.4, -0.2) is 18.1 Å². The van der Waals surface area contributed by atoms with Crippen molar-refractivity contribution in [3.05, 3.63) is 36.0 Å². The van der Waals surface area contributed by atoms with Crippen LogP contribution in [0.2, 0.25) is 0 Å². The van der Waals surface area contributed by atoms with E-state index in [0.717, 1.165) is 13.1 Å². The number of hydrogen-bond donors (Lipinski definition) is 2. The summed E-state index contributed by atoms with van der Waals surface area (Å²) in [6.45, 7) is 4.64. The third-order valence-corrected chi connectivity index (χ3v) is 3.40. The number of rotatable bonds is 2. The van der Waals surface area contributed by atoms with Gasteiger partial charge in [-0.15, -0.1) is 0 Å². The Bertz CT molecular complexity index is 480. The van der Waals surface area contributed by atoms with E-state index < -0.39 is 0 Å². The predicted octanol–water partition coefficient (Wildman–Crippen LogP) is 2.32. The molecule has 0 spiro atoms. The highest BCUT2D eigenvalue weighted by atomic mass is 15.0. The summed E-state index contributed by atoms with van der Waals surface area (Å²) < 4.78 is 0. The monoisotopic (exact) mass is 200 g/mol. The van der Waals surface area contributed by atoms with Gasteiger partial charge in [0.2, 0.25) is 0 Å². The molecule has 0 unspecified atom stereocenters. The zero-order valence-corrected chi connectivity index (χ0v) is 9.01. The Labute approximate surface area is 89.7 Å². The first-order valence-corrected chi connectivity index (χ1v) is 5.53. The van der Waals surface area contributed by atoms with Crippen molar-refractivity contribution in [2.24, 2.45) is 5.41 Å². The van der Waals surface area contributed by atoms with Gasteiger partial charge in [0, 0.05) is 30.2 Å². The molecular formula is C13H16N2. The molecule has 1 aromatic carbocycles. The molecule has 15 heavy (non-hydrogen) atoms. The average Bonchev–Trinajstić information content (AvgIpc) is 2.60. The fourth-order valence-corrected chi connectivity index (χ4v) is 2.41. The molecule has 1 fully saturated rings. The Morgan fingerprint density at radius 3 is 2.80 bits per heavy atom. The van der Waals surface area contributed by atoms with E-state index in [9.17, 15) is 0 Å². The van der Waals surface area contributed by atoms with Gasteiger partial charge in [-0.3, -0.25) is 0 Å². The highest BCUT2D eigenvalue weighted by Crippen LogP contribution is 2.30. The van der Waals surface area contributed by atoms with Crippen molar-refractivity contribution >= 4 is 10.9 Å². The van der Waals surface area contributed by atoms with Crippen LogP contribution in [-0.2, 0) is 6.42 Å². The van der Waals surface area contributed by atoms with Crippen LogP contribution in [0.4, 0.5) is 0 Å². The minimum Gasteiger partial charge on any atom is -0.361 e. The maximum absolute atomic E-state index is 3.35. The van der Waals surface area contributed by atoms with Gasteiger partial charge in [0.25, 0.3) is 0 Å². The Hall–Kier alpha value is -1.28. The summed E-state index contributed by atoms with van der Waals surface area (Å²) in [7, 11) is 0. The summed E-state index contributed by atoms with van der Waals surface area (Å²) in [5.41, 5.74) is 3.17. The third kappa shape index (κ3) is 1.45. The lowest BCUT2D eigenvalue weighted by Crippen LogP contribution is -2.52. The normalized spacial score (nSPS) is 19.0. The number of para-hydroxylation sites is 1. The maximum atomic E-state index is 3.35. The second kappa shape index (κ2) is 3.11. The van der Waals surface area contributed by atoms with Crippen molar-refractivity contribution in [3.8, 4) is 0 Å². The molecule has 1 saturated heterocycles. The van der Waals surface area contributed by atoms with Crippen molar-refractivity contribution in [2.75, 3.05) is 13.1 Å². The van der Waals surface area contributed by atoms with Crippen LogP contribution in [0.1, 0.15) is 12.5 Å². The summed E-state index contributed by atoms with van der Waals surface area (Å²) in [5, 5.41) is 4.73. The standard InChI is InChI=1S/C13H16N2/c1-13(8-14-9-13)6-10-7-15-12-5-3-2-4-11(10)12/h2-5,7,14-15H,6,8-9H2,1H3. The van der Waals surface area contributed by atoms with Crippen molar-refractivity contribution in [1.82, 2.24) is 10.3 Å². The van der Waals surface area contributed by atoms with Gasteiger partial charge < -0.3 is 10.3 Å². The van der Waals surface area contributed by atoms with E-state index in [4.69, 9.17) is 0 Å². The maximum Gasteiger partial charge on any atom is 0.0456 e. The zero-order valence-electron chi connectivity index (χ0n) is 9.01. The quantitative estimate of drug-likeness (QED) is 0.765. The SMILES string of the molecule is CC1(Cc2c[nH]c3ccccc23)CNC1. The number of hydrogen-bond acceptors (Lipinski definition) is 1. The lowest BCUT2D eigenvalue weighted by Gasteiger charge is -2.39. The highest BCUT2D eigenvalue weighted by Gasteiger charge is 2.32. The molecule has 0 atom stereocenters. The molecule has 0 aliphatic carbocycles. The summed E-state index contributed by atoms with van der Waals surface area (Å²) in [6.07, 6.45) is 3.33. The second-order valence-electron chi connectivity index (χ2n) is 4.95. The van der Waals surface area contributed by atoms with Gasteiger partial charge in [-0.1, -0.05) is 25.1 Å². The predicted molar refractivity (Wildman–Crippen MR) is 63.0 cm³/mol. The van der Waals surface area contributed by atoms with E-state index in [-0.39, 0.29) is 0 Å². The summed E-state index contributed by atoms with van der Waals surface area (Å²) >= 11 is 0. The van der Waals surface area contributed by atoms with Crippen molar-refractivity contribution in [2.45, 2.75) is 13.3 Å². The minimum absolute atomic E-state index is 0.463. The van der Waals surface area contributed by atoms with Gasteiger partial charge in [0.15, 0.2) is 0 Å². The third-order valence-electron chi connectivity index (χ3n) is 3.40. The number of fused-ring (bicyclic) bond motifs is 1. The molecular weight excluding hydrogens is 184 g/mol. The Kier molecular flexibility index (Phi) is 1.86. The topological polar surface area (TPSA) is 27.8 Å². The van der Waals surface area contributed by atoms with E-state index in [2.05, 4.69) is 47.7 Å². The van der Waals surface area contributed by atoms with Crippen LogP contribution >= 0.6 is 0 Å². The Morgan fingerprint density at radius 2 is 2.07 bits per heavy atom. The highest BCUT2D eigenvalue weighted by molar-refractivity contribution is 5.83. The molecule has 2 nitrogen and oxygen atoms in total. The number of aromatic nitrogens is 1. The zero-order chi connectivity index (χ0) is 10.3. The number of benzene rings is 1. The van der Waals surface area contributed by atoms with Gasteiger partial charge in [0.1, 0.15) is 0 Å². The van der Waals surface area contributed by atoms with Crippen molar-refractivity contribution in [1.29, 1.82) is 0 Å². The Morgan fingerprint density at radius 1 is 1.27 bits per heavy atom. The van der Waals surface area contributed by atoms with Gasteiger partial charge in [-0.25, -0.2) is 0 Å². The van der Waals surface area contributed by atoms with Gasteiger partial charge in [-0.05, 0) is 23.5 Å². The molecule has 2 N–H and O–H groups in total. The van der Waals surface area contributed by atoms with E-state index in [0.29, 0.717) is 5.41 Å². The van der Waals surface area contributed by atoms with Crippen LogP contribution in [0.15, 0.2) is 30.5 Å². The molecule has 1 aliphatic heterocycles. The molecule has 0 amide bonds. The van der Waals surface area contributed by atoms with Gasteiger partial charge >= 0.3 is 0 Å². The van der Waals surface area contributed by atoms with Crippen LogP contribution in [0.25, 0.3) is 10.9 Å². The molecule has 0 saturated carbocycles. The second-order valence-corrected chi connectivity index (χ2v) is 4.95. The molecule has 1 aromatic heterocycles. The van der Waals surface area contributed by atoms with Gasteiger partial charge in [0.05, 0.1) is 0 Å². The largest absolute Gasteiger partial charge is 0.361 e. The summed E-state index contributed by atoms with van der Waals surface area (Å²) in [4.78, 5) is 3.34. The van der Waals surface area contributed by atoms with Crippen LogP contribution in [0.5, 0.6) is 0 Å². The lowest BCUT2D eigenvalue weighted by atomic mass is 9.78.